The average Bonchev–Trinajstić information content (AvgIpc) is 3.35. The third-order valence-corrected chi connectivity index (χ3v) is 9.54. The van der Waals surface area contributed by atoms with Crippen molar-refractivity contribution in [2.75, 3.05) is 69.4 Å². The second kappa shape index (κ2) is 11.8. The Kier molecular flexibility index (Phi) is 8.13. The fourth-order valence-corrected chi connectivity index (χ4v) is 6.97. The number of benzene rings is 1. The zero-order valence-electron chi connectivity index (χ0n) is 25.6. The van der Waals surface area contributed by atoms with E-state index in [2.05, 4.69) is 57.2 Å². The molecule has 4 N–H and O–H groups in total. The summed E-state index contributed by atoms with van der Waals surface area (Å²) in [6.07, 6.45) is 7.20. The second-order valence-electron chi connectivity index (χ2n) is 12.7. The molecule has 2 aliphatic heterocycles. The molecule has 42 heavy (non-hydrogen) atoms. The SMILES string of the molecule is CCc1nc2c(N)ncc(-c3ccc(N4CCC(N5CCN(C)CC5)CC4)c(OC)c3)c2nc1NC1CC[C@](C)(O)C1. The summed E-state index contributed by atoms with van der Waals surface area (Å²) in [7, 11) is 3.96. The molecule has 1 saturated carbocycles. The number of fused-ring (bicyclic) bond motifs is 1. The summed E-state index contributed by atoms with van der Waals surface area (Å²) in [6, 6.07) is 7.20. The first-order chi connectivity index (χ1) is 20.2. The number of methoxy groups -OCH3 is 1. The molecule has 10 heteroatoms. The summed E-state index contributed by atoms with van der Waals surface area (Å²) in [4.78, 5) is 22.1. The topological polar surface area (TPSA) is 116 Å². The van der Waals surface area contributed by atoms with Gasteiger partial charge in [-0.2, -0.15) is 0 Å². The van der Waals surface area contributed by atoms with Crippen molar-refractivity contribution < 1.29 is 9.84 Å². The highest BCUT2D eigenvalue weighted by molar-refractivity contribution is 5.97. The van der Waals surface area contributed by atoms with Gasteiger partial charge in [0.05, 0.1) is 24.1 Å². The van der Waals surface area contributed by atoms with E-state index < -0.39 is 5.60 Å². The van der Waals surface area contributed by atoms with E-state index in [4.69, 9.17) is 20.4 Å². The molecule has 3 aliphatic rings. The number of aryl methyl sites for hydroxylation is 1. The minimum Gasteiger partial charge on any atom is -0.495 e. The lowest BCUT2D eigenvalue weighted by Crippen LogP contribution is -2.52. The lowest BCUT2D eigenvalue weighted by Gasteiger charge is -2.42. The maximum atomic E-state index is 10.5. The molecule has 0 radical (unpaired) electrons. The molecule has 6 rings (SSSR count). The minimum atomic E-state index is -0.647. The number of aliphatic hydroxyl groups is 1. The van der Waals surface area contributed by atoms with Crippen molar-refractivity contribution in [1.29, 1.82) is 0 Å². The third-order valence-electron chi connectivity index (χ3n) is 9.54. The summed E-state index contributed by atoms with van der Waals surface area (Å²) >= 11 is 0. The van der Waals surface area contributed by atoms with E-state index >= 15 is 0 Å². The highest BCUT2D eigenvalue weighted by Crippen LogP contribution is 2.38. The maximum Gasteiger partial charge on any atom is 0.151 e. The fraction of sp³-hybridized carbons (Fsp3) is 0.594. The number of rotatable bonds is 7. The van der Waals surface area contributed by atoms with Crippen molar-refractivity contribution in [3.8, 4) is 16.9 Å². The van der Waals surface area contributed by atoms with Crippen molar-refractivity contribution in [2.45, 2.75) is 70.1 Å². The first-order valence-electron chi connectivity index (χ1n) is 15.5. The molecule has 10 nitrogen and oxygen atoms in total. The molecule has 2 saturated heterocycles. The van der Waals surface area contributed by atoms with Crippen LogP contribution in [0.2, 0.25) is 0 Å². The summed E-state index contributed by atoms with van der Waals surface area (Å²) < 4.78 is 5.95. The molecule has 0 spiro atoms. The van der Waals surface area contributed by atoms with Crippen LogP contribution in [0.25, 0.3) is 22.2 Å². The van der Waals surface area contributed by atoms with Crippen LogP contribution < -0.4 is 20.7 Å². The Morgan fingerprint density at radius 3 is 2.50 bits per heavy atom. The number of anilines is 3. The molecule has 3 fully saturated rings. The molecule has 4 heterocycles. The van der Waals surface area contributed by atoms with E-state index in [1.54, 1.807) is 13.3 Å². The van der Waals surface area contributed by atoms with Gasteiger partial charge in [-0.15, -0.1) is 0 Å². The van der Waals surface area contributed by atoms with Crippen LogP contribution >= 0.6 is 0 Å². The highest BCUT2D eigenvalue weighted by Gasteiger charge is 2.33. The first-order valence-corrected chi connectivity index (χ1v) is 15.5. The van der Waals surface area contributed by atoms with Crippen LogP contribution in [-0.4, -0.2) is 101 Å². The van der Waals surface area contributed by atoms with Crippen LogP contribution in [0.1, 0.15) is 51.6 Å². The van der Waals surface area contributed by atoms with Crippen molar-refractivity contribution >= 4 is 28.4 Å². The summed E-state index contributed by atoms with van der Waals surface area (Å²) in [6.45, 7) is 10.7. The number of pyridine rings is 1. The number of nitrogens with two attached hydrogens (primary N) is 1. The van der Waals surface area contributed by atoms with E-state index in [1.807, 2.05) is 6.92 Å². The number of ether oxygens (including phenoxy) is 1. The molecule has 1 unspecified atom stereocenters. The maximum absolute atomic E-state index is 10.5. The number of aromatic nitrogens is 3. The Bertz CT molecular complexity index is 1410. The fourth-order valence-electron chi connectivity index (χ4n) is 6.97. The Balaban J connectivity index is 1.26. The van der Waals surface area contributed by atoms with Crippen LogP contribution in [0.4, 0.5) is 17.3 Å². The van der Waals surface area contributed by atoms with E-state index in [0.717, 1.165) is 78.6 Å². The summed E-state index contributed by atoms with van der Waals surface area (Å²) in [5.74, 6) is 1.98. The molecule has 0 bridgehead atoms. The molecule has 0 amide bonds. The smallest absolute Gasteiger partial charge is 0.151 e. The van der Waals surface area contributed by atoms with Crippen LogP contribution in [0, 0.1) is 0 Å². The van der Waals surface area contributed by atoms with Crippen LogP contribution in [-0.2, 0) is 6.42 Å². The number of hydrogen-bond acceptors (Lipinski definition) is 10. The van der Waals surface area contributed by atoms with Crippen molar-refractivity contribution in [2.24, 2.45) is 0 Å². The Morgan fingerprint density at radius 2 is 1.83 bits per heavy atom. The number of hydrogen-bond donors (Lipinski definition) is 3. The van der Waals surface area contributed by atoms with E-state index in [0.29, 0.717) is 30.2 Å². The predicted molar refractivity (Wildman–Crippen MR) is 169 cm³/mol. The monoisotopic (exact) mass is 574 g/mol. The molecule has 1 aromatic carbocycles. The van der Waals surface area contributed by atoms with Gasteiger partial charge in [0.2, 0.25) is 0 Å². The number of likely N-dealkylation sites (N-methyl/N-ethyl adjacent to an activating group) is 1. The number of piperazine rings is 1. The molecular formula is C32H46N8O2. The normalized spacial score (nSPS) is 24.4. The van der Waals surface area contributed by atoms with Gasteiger partial charge in [0.25, 0.3) is 0 Å². The van der Waals surface area contributed by atoms with Crippen LogP contribution in [0.3, 0.4) is 0 Å². The van der Waals surface area contributed by atoms with E-state index in [-0.39, 0.29) is 6.04 Å². The van der Waals surface area contributed by atoms with E-state index in [1.165, 1.54) is 25.9 Å². The Morgan fingerprint density at radius 1 is 1.07 bits per heavy atom. The van der Waals surface area contributed by atoms with Gasteiger partial charge in [-0.1, -0.05) is 13.0 Å². The highest BCUT2D eigenvalue weighted by atomic mass is 16.5. The largest absolute Gasteiger partial charge is 0.495 e. The van der Waals surface area contributed by atoms with Crippen molar-refractivity contribution in [3.63, 3.8) is 0 Å². The molecule has 3 aromatic rings. The molecule has 1 aliphatic carbocycles. The predicted octanol–water partition coefficient (Wildman–Crippen LogP) is 3.78. The second-order valence-corrected chi connectivity index (χ2v) is 12.7. The van der Waals surface area contributed by atoms with Gasteiger partial charge in [0.1, 0.15) is 22.6 Å². The standard InChI is InChI=1S/C32H46N8O2/c1-5-25-31(35-22-8-11-32(2,41)19-22)37-28-24(20-34-30(33)29(28)36-25)21-6-7-26(27(18-21)42-4)40-12-9-23(10-13-40)39-16-14-38(3)15-17-39/h6-7,18,20,22-23,41H,5,8-17,19H2,1-4H3,(H2,33,34)(H,35,37)/t22?,32-/m0/s1. The summed E-state index contributed by atoms with van der Waals surface area (Å²) in [5.41, 5.74) is 10.8. The minimum absolute atomic E-state index is 0.152. The van der Waals surface area contributed by atoms with Gasteiger partial charge in [-0.3, -0.25) is 4.90 Å². The lowest BCUT2D eigenvalue weighted by atomic mass is 10.00. The Hall–Kier alpha value is -3.21. The first kappa shape index (κ1) is 28.9. The molecule has 226 valence electrons. The lowest BCUT2D eigenvalue weighted by molar-refractivity contribution is 0.0673. The number of nitrogen functional groups attached to an aromatic ring is 1. The van der Waals surface area contributed by atoms with Gasteiger partial charge in [-0.25, -0.2) is 15.0 Å². The third kappa shape index (κ3) is 5.85. The van der Waals surface area contributed by atoms with Gasteiger partial charge in [0.15, 0.2) is 5.82 Å². The number of nitrogens with one attached hydrogen (secondary N) is 1. The van der Waals surface area contributed by atoms with Crippen LogP contribution in [0.5, 0.6) is 5.75 Å². The molecule has 2 aromatic heterocycles. The van der Waals surface area contributed by atoms with Gasteiger partial charge in [0, 0.05) is 63.1 Å². The van der Waals surface area contributed by atoms with E-state index in [9.17, 15) is 5.11 Å². The quantitative estimate of drug-likeness (QED) is 0.385. The molecule has 2 atom stereocenters. The summed E-state index contributed by atoms with van der Waals surface area (Å²) in [5, 5.41) is 14.1. The molecular weight excluding hydrogens is 528 g/mol. The average molecular weight is 575 g/mol. The zero-order valence-corrected chi connectivity index (χ0v) is 25.6. The van der Waals surface area contributed by atoms with Crippen molar-refractivity contribution in [1.82, 2.24) is 24.8 Å². The zero-order chi connectivity index (χ0) is 29.4. The van der Waals surface area contributed by atoms with Gasteiger partial charge < -0.3 is 30.7 Å². The van der Waals surface area contributed by atoms with Crippen LogP contribution in [0.15, 0.2) is 24.4 Å². The van der Waals surface area contributed by atoms with Crippen molar-refractivity contribution in [3.05, 3.63) is 30.1 Å². The number of piperidine rings is 1. The van der Waals surface area contributed by atoms with Gasteiger partial charge in [-0.05, 0) is 70.2 Å². The number of nitrogens with zero attached hydrogens (tertiary/aromatic N) is 6. The Labute approximate surface area is 249 Å². The van der Waals surface area contributed by atoms with Gasteiger partial charge >= 0.3 is 0 Å².